The van der Waals surface area contributed by atoms with Gasteiger partial charge in [-0.15, -0.1) is 10.2 Å². The number of aromatic nitrogens is 5. The van der Waals surface area contributed by atoms with Crippen molar-refractivity contribution in [3.8, 4) is 11.4 Å². The number of halogens is 1. The number of hydrogen-bond donors (Lipinski definition) is 2. The summed E-state index contributed by atoms with van der Waals surface area (Å²) in [5.41, 5.74) is 2.49. The molecular formula is C19H17FN6O. The third-order valence-electron chi connectivity index (χ3n) is 4.36. The Hall–Kier alpha value is -3.55. The van der Waals surface area contributed by atoms with Crippen molar-refractivity contribution in [3.05, 3.63) is 65.5 Å². The zero-order chi connectivity index (χ0) is 19.0. The highest BCUT2D eigenvalue weighted by Gasteiger charge is 2.17. The average Bonchev–Trinajstić information content (AvgIpc) is 3.30. The van der Waals surface area contributed by atoms with Gasteiger partial charge in [0.25, 0.3) is 5.91 Å². The molecule has 0 saturated heterocycles. The Morgan fingerprint density at radius 2 is 2.15 bits per heavy atom. The van der Waals surface area contributed by atoms with E-state index >= 15 is 0 Å². The molecule has 8 heteroatoms. The highest BCUT2D eigenvalue weighted by Crippen LogP contribution is 2.27. The second-order valence-corrected chi connectivity index (χ2v) is 6.16. The predicted molar refractivity (Wildman–Crippen MR) is 99.0 cm³/mol. The minimum absolute atomic E-state index is 0.253. The molecule has 4 aromatic rings. The number of rotatable bonds is 4. The van der Waals surface area contributed by atoms with E-state index in [9.17, 15) is 9.18 Å². The Morgan fingerprint density at radius 3 is 2.93 bits per heavy atom. The lowest BCUT2D eigenvalue weighted by molar-refractivity contribution is 0.102. The second-order valence-electron chi connectivity index (χ2n) is 6.16. The zero-order valence-electron chi connectivity index (χ0n) is 14.8. The number of aromatic amines is 1. The molecule has 0 radical (unpaired) electrons. The topological polar surface area (TPSA) is 88.0 Å². The quantitative estimate of drug-likeness (QED) is 0.581. The third kappa shape index (κ3) is 3.05. The van der Waals surface area contributed by atoms with Crippen LogP contribution in [0.4, 0.5) is 10.1 Å². The smallest absolute Gasteiger partial charge is 0.259 e. The predicted octanol–water partition coefficient (Wildman–Crippen LogP) is 3.38. The van der Waals surface area contributed by atoms with E-state index in [1.54, 1.807) is 23.7 Å². The van der Waals surface area contributed by atoms with Crippen LogP contribution in [0, 0.1) is 12.7 Å². The van der Waals surface area contributed by atoms with Gasteiger partial charge < -0.3 is 10.3 Å². The van der Waals surface area contributed by atoms with Crippen molar-refractivity contribution < 1.29 is 9.18 Å². The van der Waals surface area contributed by atoms with Gasteiger partial charge in [-0.25, -0.2) is 8.91 Å². The summed E-state index contributed by atoms with van der Waals surface area (Å²) in [5, 5.41) is 15.0. The van der Waals surface area contributed by atoms with Crippen molar-refractivity contribution in [2.24, 2.45) is 0 Å². The number of H-pyrrole nitrogens is 1. The van der Waals surface area contributed by atoms with Crippen LogP contribution in [0.3, 0.4) is 0 Å². The molecule has 1 amide bonds. The van der Waals surface area contributed by atoms with Gasteiger partial charge in [-0.2, -0.15) is 5.10 Å². The number of nitrogens with zero attached hydrogens (tertiary/aromatic N) is 4. The summed E-state index contributed by atoms with van der Waals surface area (Å²) in [6, 6.07) is 8.42. The summed E-state index contributed by atoms with van der Waals surface area (Å²) < 4.78 is 16.1. The molecule has 4 rings (SSSR count). The van der Waals surface area contributed by atoms with Crippen LogP contribution in [0.5, 0.6) is 0 Å². The summed E-state index contributed by atoms with van der Waals surface area (Å²) in [6.07, 6.45) is 3.94. The highest BCUT2D eigenvalue weighted by atomic mass is 19.1. The molecule has 0 bridgehead atoms. The van der Waals surface area contributed by atoms with Crippen molar-refractivity contribution in [2.75, 3.05) is 5.32 Å². The molecule has 0 atom stereocenters. The van der Waals surface area contributed by atoms with E-state index in [2.05, 4.69) is 25.6 Å². The maximum absolute atomic E-state index is 14.4. The molecule has 0 aliphatic carbocycles. The van der Waals surface area contributed by atoms with Gasteiger partial charge in [0, 0.05) is 18.3 Å². The number of anilines is 1. The fourth-order valence-corrected chi connectivity index (χ4v) is 2.87. The highest BCUT2D eigenvalue weighted by molar-refractivity contribution is 6.09. The van der Waals surface area contributed by atoms with E-state index in [1.807, 2.05) is 25.1 Å². The summed E-state index contributed by atoms with van der Waals surface area (Å²) in [6.45, 7) is 3.66. The Morgan fingerprint density at radius 1 is 1.30 bits per heavy atom. The molecule has 3 aromatic heterocycles. The molecule has 0 spiro atoms. The molecule has 1 aromatic carbocycles. The Kier molecular flexibility index (Phi) is 4.15. The van der Waals surface area contributed by atoms with E-state index in [-0.39, 0.29) is 11.5 Å². The SMILES string of the molecule is CCc1nnc(-c2cc(NC(=O)c3cnn4ccccc34)c(C)cc2F)[nH]1. The summed E-state index contributed by atoms with van der Waals surface area (Å²) in [4.78, 5) is 15.7. The molecule has 0 fully saturated rings. The van der Waals surface area contributed by atoms with E-state index in [0.29, 0.717) is 40.4 Å². The fraction of sp³-hybridized carbons (Fsp3) is 0.158. The lowest BCUT2D eigenvalue weighted by Gasteiger charge is -2.10. The number of nitrogens with one attached hydrogen (secondary N) is 2. The van der Waals surface area contributed by atoms with Gasteiger partial charge in [0.1, 0.15) is 11.6 Å². The first-order valence-electron chi connectivity index (χ1n) is 8.52. The van der Waals surface area contributed by atoms with Crippen molar-refractivity contribution in [3.63, 3.8) is 0 Å². The number of carbonyl (C=O) groups is 1. The number of fused-ring (bicyclic) bond motifs is 1. The fourth-order valence-electron chi connectivity index (χ4n) is 2.87. The van der Waals surface area contributed by atoms with Gasteiger partial charge in [0.05, 0.1) is 22.8 Å². The van der Waals surface area contributed by atoms with Crippen LogP contribution < -0.4 is 5.32 Å². The molecule has 27 heavy (non-hydrogen) atoms. The molecule has 2 N–H and O–H groups in total. The molecule has 0 saturated carbocycles. The normalized spacial score (nSPS) is 11.1. The summed E-state index contributed by atoms with van der Waals surface area (Å²) in [5.74, 6) is 0.252. The number of pyridine rings is 1. The lowest BCUT2D eigenvalue weighted by Crippen LogP contribution is -2.13. The van der Waals surface area contributed by atoms with Gasteiger partial charge >= 0.3 is 0 Å². The summed E-state index contributed by atoms with van der Waals surface area (Å²) >= 11 is 0. The van der Waals surface area contributed by atoms with E-state index < -0.39 is 5.82 Å². The van der Waals surface area contributed by atoms with Gasteiger partial charge in [0.2, 0.25) is 0 Å². The minimum Gasteiger partial charge on any atom is -0.325 e. The van der Waals surface area contributed by atoms with Crippen LogP contribution in [0.2, 0.25) is 0 Å². The number of hydrogen-bond acceptors (Lipinski definition) is 4. The number of carbonyl (C=O) groups excluding carboxylic acids is 1. The van der Waals surface area contributed by atoms with Crippen molar-refractivity contribution >= 4 is 17.1 Å². The van der Waals surface area contributed by atoms with E-state index in [0.717, 1.165) is 0 Å². The maximum Gasteiger partial charge on any atom is 0.259 e. The van der Waals surface area contributed by atoms with Crippen LogP contribution in [0.15, 0.2) is 42.7 Å². The maximum atomic E-state index is 14.4. The van der Waals surface area contributed by atoms with E-state index in [1.165, 1.54) is 12.3 Å². The van der Waals surface area contributed by atoms with Crippen molar-refractivity contribution in [2.45, 2.75) is 20.3 Å². The standard InChI is InChI=1S/C19H17FN6O/c1-3-17-23-18(25-24-17)12-9-15(11(2)8-14(12)20)22-19(27)13-10-21-26-7-5-4-6-16(13)26/h4-10H,3H2,1-2H3,(H,22,27)(H,23,24,25). The van der Waals surface area contributed by atoms with E-state index in [4.69, 9.17) is 0 Å². The van der Waals surface area contributed by atoms with Gasteiger partial charge in [0.15, 0.2) is 5.82 Å². The van der Waals surface area contributed by atoms with Crippen molar-refractivity contribution in [1.82, 2.24) is 24.8 Å². The second kappa shape index (κ2) is 6.64. The molecule has 0 unspecified atom stereocenters. The number of benzene rings is 1. The first-order chi connectivity index (χ1) is 13.1. The Balaban J connectivity index is 1.69. The van der Waals surface area contributed by atoms with Crippen LogP contribution in [0.25, 0.3) is 16.9 Å². The van der Waals surface area contributed by atoms with Gasteiger partial charge in [-0.3, -0.25) is 4.79 Å². The summed E-state index contributed by atoms with van der Waals surface area (Å²) in [7, 11) is 0. The molecule has 7 nitrogen and oxygen atoms in total. The Labute approximate surface area is 154 Å². The first-order valence-corrected chi connectivity index (χ1v) is 8.52. The molecule has 136 valence electrons. The van der Waals surface area contributed by atoms with Gasteiger partial charge in [-0.05, 0) is 36.8 Å². The van der Waals surface area contributed by atoms with Crippen molar-refractivity contribution in [1.29, 1.82) is 0 Å². The van der Waals surface area contributed by atoms with Crippen LogP contribution in [0.1, 0.15) is 28.7 Å². The first kappa shape index (κ1) is 16.9. The lowest BCUT2D eigenvalue weighted by atomic mass is 10.1. The zero-order valence-corrected chi connectivity index (χ0v) is 14.8. The van der Waals surface area contributed by atoms with Crippen LogP contribution in [-0.2, 0) is 6.42 Å². The van der Waals surface area contributed by atoms with Crippen LogP contribution in [-0.4, -0.2) is 30.7 Å². The monoisotopic (exact) mass is 364 g/mol. The molecular weight excluding hydrogens is 347 g/mol. The third-order valence-corrected chi connectivity index (χ3v) is 4.36. The van der Waals surface area contributed by atoms with Crippen LogP contribution >= 0.6 is 0 Å². The average molecular weight is 364 g/mol. The number of amides is 1. The molecule has 0 aliphatic rings. The minimum atomic E-state index is -0.430. The number of aryl methyl sites for hydroxylation is 2. The van der Waals surface area contributed by atoms with Gasteiger partial charge in [-0.1, -0.05) is 13.0 Å². The largest absolute Gasteiger partial charge is 0.325 e. The Bertz CT molecular complexity index is 1150. The molecule has 3 heterocycles. The molecule has 0 aliphatic heterocycles.